The number of nitrogens with zero attached hydrogens (tertiary/aromatic N) is 1. The Hall–Kier alpha value is -0.590. The summed E-state index contributed by atoms with van der Waals surface area (Å²) in [6.45, 7) is 7.66. The lowest BCUT2D eigenvalue weighted by Gasteiger charge is -2.12. The third-order valence-corrected chi connectivity index (χ3v) is 2.24. The molecule has 0 saturated carbocycles. The molecule has 1 rings (SSSR count). The van der Waals surface area contributed by atoms with Crippen LogP contribution in [0.2, 0.25) is 0 Å². The number of aliphatic imine (C=N–C) groups is 1. The van der Waals surface area contributed by atoms with Crippen molar-refractivity contribution >= 4 is 5.71 Å². The Bertz CT molecular complexity index is 189. The average molecular weight is 165 g/mol. The Kier molecular flexibility index (Phi) is 3.51. The molecule has 1 heteroatoms. The van der Waals surface area contributed by atoms with Gasteiger partial charge in [0.05, 0.1) is 0 Å². The van der Waals surface area contributed by atoms with Crippen molar-refractivity contribution in [2.45, 2.75) is 33.6 Å². The summed E-state index contributed by atoms with van der Waals surface area (Å²) >= 11 is 0. The van der Waals surface area contributed by atoms with Crippen LogP contribution in [0.1, 0.15) is 33.6 Å². The first-order chi connectivity index (χ1) is 5.68. The van der Waals surface area contributed by atoms with E-state index in [-0.39, 0.29) is 0 Å². The molecule has 0 saturated heterocycles. The van der Waals surface area contributed by atoms with Crippen molar-refractivity contribution in [2.75, 3.05) is 6.54 Å². The molecule has 1 aliphatic rings. The summed E-state index contributed by atoms with van der Waals surface area (Å²) in [5.74, 6) is 1.56. The van der Waals surface area contributed by atoms with E-state index in [1.807, 2.05) is 0 Å². The number of hydrogen-bond acceptors (Lipinski definition) is 1. The van der Waals surface area contributed by atoms with E-state index in [1.165, 1.54) is 18.6 Å². The van der Waals surface area contributed by atoms with Crippen molar-refractivity contribution in [2.24, 2.45) is 16.8 Å². The monoisotopic (exact) mass is 165 g/mol. The average Bonchev–Trinajstić information content (AvgIpc) is 2.15. The predicted octanol–water partition coefficient (Wildman–Crippen LogP) is 3.07. The van der Waals surface area contributed by atoms with Crippen molar-refractivity contribution in [3.63, 3.8) is 0 Å². The van der Waals surface area contributed by atoms with Gasteiger partial charge in [-0.05, 0) is 37.7 Å². The van der Waals surface area contributed by atoms with Crippen LogP contribution < -0.4 is 0 Å². The molecule has 0 radical (unpaired) electrons. The fourth-order valence-corrected chi connectivity index (χ4v) is 1.63. The highest BCUT2D eigenvalue weighted by Crippen LogP contribution is 2.18. The van der Waals surface area contributed by atoms with Crippen LogP contribution in [-0.2, 0) is 0 Å². The van der Waals surface area contributed by atoms with Crippen LogP contribution in [0.4, 0.5) is 0 Å². The predicted molar refractivity (Wildman–Crippen MR) is 54.7 cm³/mol. The molecule has 0 aliphatic carbocycles. The highest BCUT2D eigenvalue weighted by atomic mass is 14.7. The first kappa shape index (κ1) is 9.50. The molecule has 0 aromatic carbocycles. The van der Waals surface area contributed by atoms with E-state index in [2.05, 4.69) is 37.9 Å². The van der Waals surface area contributed by atoms with Crippen molar-refractivity contribution in [3.8, 4) is 0 Å². The van der Waals surface area contributed by atoms with Gasteiger partial charge in [0, 0.05) is 12.3 Å². The Morgan fingerprint density at radius 1 is 1.58 bits per heavy atom. The minimum Gasteiger partial charge on any atom is -0.290 e. The van der Waals surface area contributed by atoms with E-state index in [1.54, 1.807) is 0 Å². The molecule has 0 aromatic rings. The van der Waals surface area contributed by atoms with Crippen molar-refractivity contribution in [1.82, 2.24) is 0 Å². The second-order valence-electron chi connectivity index (χ2n) is 4.06. The van der Waals surface area contributed by atoms with Crippen LogP contribution >= 0.6 is 0 Å². The molecule has 1 nitrogen and oxygen atoms in total. The van der Waals surface area contributed by atoms with E-state index in [0.29, 0.717) is 0 Å². The zero-order chi connectivity index (χ0) is 8.97. The fraction of sp³-hybridized carbons (Fsp3) is 0.727. The van der Waals surface area contributed by atoms with E-state index >= 15 is 0 Å². The SMILES string of the molecule is CC1=NCCC(CC(C)C)C=C1. The Morgan fingerprint density at radius 2 is 2.33 bits per heavy atom. The number of rotatable bonds is 2. The van der Waals surface area contributed by atoms with Crippen molar-refractivity contribution < 1.29 is 0 Å². The molecular weight excluding hydrogens is 146 g/mol. The van der Waals surface area contributed by atoms with E-state index in [0.717, 1.165) is 18.4 Å². The maximum absolute atomic E-state index is 4.41. The van der Waals surface area contributed by atoms with Gasteiger partial charge in [-0.3, -0.25) is 4.99 Å². The van der Waals surface area contributed by atoms with Crippen LogP contribution in [-0.4, -0.2) is 12.3 Å². The molecule has 68 valence electrons. The van der Waals surface area contributed by atoms with Gasteiger partial charge in [0.25, 0.3) is 0 Å². The molecule has 1 heterocycles. The standard InChI is InChI=1S/C11H19N/c1-9(2)8-11-5-4-10(3)12-7-6-11/h4-5,9,11H,6-8H2,1-3H3. The minimum atomic E-state index is 0.756. The van der Waals surface area contributed by atoms with Gasteiger partial charge in [0.15, 0.2) is 0 Å². The summed E-state index contributed by atoms with van der Waals surface area (Å²) in [4.78, 5) is 4.41. The van der Waals surface area contributed by atoms with E-state index in [9.17, 15) is 0 Å². The number of hydrogen-bond donors (Lipinski definition) is 0. The first-order valence-corrected chi connectivity index (χ1v) is 4.87. The Morgan fingerprint density at radius 3 is 3.00 bits per heavy atom. The highest BCUT2D eigenvalue weighted by Gasteiger charge is 2.08. The van der Waals surface area contributed by atoms with Crippen molar-refractivity contribution in [1.29, 1.82) is 0 Å². The maximum atomic E-state index is 4.41. The van der Waals surface area contributed by atoms with Crippen LogP contribution in [0, 0.1) is 11.8 Å². The van der Waals surface area contributed by atoms with Crippen LogP contribution in [0.15, 0.2) is 17.1 Å². The zero-order valence-corrected chi connectivity index (χ0v) is 8.38. The van der Waals surface area contributed by atoms with Crippen LogP contribution in [0.25, 0.3) is 0 Å². The highest BCUT2D eigenvalue weighted by molar-refractivity contribution is 5.92. The summed E-state index contributed by atoms with van der Waals surface area (Å²) in [6, 6.07) is 0. The molecule has 0 amide bonds. The molecule has 0 N–H and O–H groups in total. The van der Waals surface area contributed by atoms with Gasteiger partial charge < -0.3 is 0 Å². The molecule has 0 aromatic heterocycles. The molecular formula is C11H19N. The summed E-state index contributed by atoms with van der Waals surface area (Å²) in [6.07, 6.45) is 7.02. The third kappa shape index (κ3) is 3.21. The summed E-state index contributed by atoms with van der Waals surface area (Å²) in [5.41, 5.74) is 1.18. The summed E-state index contributed by atoms with van der Waals surface area (Å²) in [7, 11) is 0. The third-order valence-electron chi connectivity index (χ3n) is 2.24. The summed E-state index contributed by atoms with van der Waals surface area (Å²) < 4.78 is 0. The molecule has 1 aliphatic heterocycles. The largest absolute Gasteiger partial charge is 0.290 e. The summed E-state index contributed by atoms with van der Waals surface area (Å²) in [5, 5.41) is 0. The molecule has 0 bridgehead atoms. The van der Waals surface area contributed by atoms with Gasteiger partial charge >= 0.3 is 0 Å². The molecule has 0 fully saturated rings. The second-order valence-corrected chi connectivity index (χ2v) is 4.06. The van der Waals surface area contributed by atoms with Gasteiger partial charge in [-0.2, -0.15) is 0 Å². The molecule has 12 heavy (non-hydrogen) atoms. The number of allylic oxidation sites excluding steroid dienone is 2. The molecule has 1 unspecified atom stereocenters. The maximum Gasteiger partial charge on any atom is 0.0398 e. The normalized spacial score (nSPS) is 24.0. The molecule has 0 spiro atoms. The fourth-order valence-electron chi connectivity index (χ4n) is 1.63. The lowest BCUT2D eigenvalue weighted by atomic mass is 9.94. The van der Waals surface area contributed by atoms with Crippen LogP contribution in [0.5, 0.6) is 0 Å². The van der Waals surface area contributed by atoms with Gasteiger partial charge in [-0.25, -0.2) is 0 Å². The zero-order valence-electron chi connectivity index (χ0n) is 8.38. The van der Waals surface area contributed by atoms with Crippen molar-refractivity contribution in [3.05, 3.63) is 12.2 Å². The van der Waals surface area contributed by atoms with Crippen LogP contribution in [0.3, 0.4) is 0 Å². The first-order valence-electron chi connectivity index (χ1n) is 4.87. The van der Waals surface area contributed by atoms with Gasteiger partial charge in [0.1, 0.15) is 0 Å². The van der Waals surface area contributed by atoms with Gasteiger partial charge in [-0.1, -0.05) is 19.9 Å². The Balaban J connectivity index is 2.44. The van der Waals surface area contributed by atoms with Gasteiger partial charge in [0.2, 0.25) is 0 Å². The van der Waals surface area contributed by atoms with Gasteiger partial charge in [-0.15, -0.1) is 0 Å². The second kappa shape index (κ2) is 4.44. The quantitative estimate of drug-likeness (QED) is 0.596. The van der Waals surface area contributed by atoms with E-state index < -0.39 is 0 Å². The molecule has 1 atom stereocenters. The minimum absolute atomic E-state index is 0.756. The Labute approximate surface area is 75.6 Å². The van der Waals surface area contributed by atoms with E-state index in [4.69, 9.17) is 0 Å². The lowest BCUT2D eigenvalue weighted by Crippen LogP contribution is -2.02. The smallest absolute Gasteiger partial charge is 0.0398 e. The topological polar surface area (TPSA) is 12.4 Å². The lowest BCUT2D eigenvalue weighted by molar-refractivity contribution is 0.458.